The monoisotopic (exact) mass is 501 g/mol. The normalized spacial score (nSPS) is 12.4. The Labute approximate surface area is 210 Å². The molecule has 1 N–H and O–H groups in total. The van der Waals surface area contributed by atoms with Crippen LogP contribution in [0.3, 0.4) is 0 Å². The van der Waals surface area contributed by atoms with Crippen LogP contribution in [0.4, 0.5) is 0 Å². The minimum Gasteiger partial charge on any atom is -0.354 e. The maximum atomic E-state index is 13.3. The highest BCUT2D eigenvalue weighted by Crippen LogP contribution is 2.17. The zero-order valence-corrected chi connectivity index (χ0v) is 22.2. The third kappa shape index (κ3) is 8.47. The number of aryl methyl sites for hydroxylation is 1. The fraction of sp³-hybridized carbons (Fsp3) is 0.481. The Bertz CT molecular complexity index is 1040. The molecule has 0 spiro atoms. The Morgan fingerprint density at radius 2 is 1.63 bits per heavy atom. The smallest absolute Gasteiger partial charge is 0.242 e. The van der Waals surface area contributed by atoms with Crippen LogP contribution in [0.5, 0.6) is 0 Å². The van der Waals surface area contributed by atoms with Gasteiger partial charge >= 0.3 is 0 Å². The molecule has 2 rings (SSSR count). The summed E-state index contributed by atoms with van der Waals surface area (Å²) in [5, 5.41) is 2.96. The van der Waals surface area contributed by atoms with Crippen molar-refractivity contribution in [3.8, 4) is 0 Å². The minimum absolute atomic E-state index is 0.148. The highest BCUT2D eigenvalue weighted by molar-refractivity contribution is 7.89. The molecule has 1 unspecified atom stereocenters. The zero-order chi connectivity index (χ0) is 25.8. The van der Waals surface area contributed by atoms with Crippen LogP contribution in [0.25, 0.3) is 0 Å². The fourth-order valence-electron chi connectivity index (χ4n) is 3.81. The van der Waals surface area contributed by atoms with Gasteiger partial charge in [0.25, 0.3) is 0 Å². The molecule has 8 heteroatoms. The van der Waals surface area contributed by atoms with Crippen molar-refractivity contribution >= 4 is 21.8 Å². The van der Waals surface area contributed by atoms with Crippen molar-refractivity contribution in [1.29, 1.82) is 0 Å². The minimum atomic E-state index is -3.61. The van der Waals surface area contributed by atoms with Crippen LogP contribution in [0, 0.1) is 6.92 Å². The first kappa shape index (κ1) is 28.5. The molecule has 1 atom stereocenters. The van der Waals surface area contributed by atoms with Crippen molar-refractivity contribution in [2.45, 2.75) is 70.4 Å². The van der Waals surface area contributed by atoms with Gasteiger partial charge in [0.1, 0.15) is 6.04 Å². The van der Waals surface area contributed by atoms with E-state index in [0.29, 0.717) is 25.9 Å². The Balaban J connectivity index is 2.10. The van der Waals surface area contributed by atoms with E-state index in [1.807, 2.05) is 38.1 Å². The van der Waals surface area contributed by atoms with Gasteiger partial charge in [-0.15, -0.1) is 0 Å². The van der Waals surface area contributed by atoms with Gasteiger partial charge in [-0.25, -0.2) is 12.7 Å². The highest BCUT2D eigenvalue weighted by Gasteiger charge is 2.28. The average Bonchev–Trinajstić information content (AvgIpc) is 2.85. The molecule has 0 radical (unpaired) electrons. The van der Waals surface area contributed by atoms with Crippen LogP contribution in [-0.2, 0) is 26.2 Å². The highest BCUT2D eigenvalue weighted by atomic mass is 32.2. The van der Waals surface area contributed by atoms with Gasteiger partial charge in [-0.3, -0.25) is 9.59 Å². The standard InChI is InChI=1S/C27H39N3O4S/c1-5-7-19-28-27(32)25(6-2)30(21-23-17-15-22(3)16-18-23)26(31)14-11-20-29(4)35(33,34)24-12-9-8-10-13-24/h8-10,12-13,15-18,25H,5-7,11,14,19-21H2,1-4H3,(H,28,32). The number of unbranched alkanes of at least 4 members (excludes halogenated alkanes) is 1. The summed E-state index contributed by atoms with van der Waals surface area (Å²) < 4.78 is 26.8. The second-order valence-corrected chi connectivity index (χ2v) is 10.9. The van der Waals surface area contributed by atoms with E-state index in [9.17, 15) is 18.0 Å². The number of hydrogen-bond donors (Lipinski definition) is 1. The lowest BCUT2D eigenvalue weighted by Gasteiger charge is -2.31. The number of benzene rings is 2. The summed E-state index contributed by atoms with van der Waals surface area (Å²) >= 11 is 0. The molecule has 0 saturated carbocycles. The Morgan fingerprint density at radius 1 is 0.971 bits per heavy atom. The Morgan fingerprint density at radius 3 is 2.23 bits per heavy atom. The SMILES string of the molecule is CCCCNC(=O)C(CC)N(Cc1ccc(C)cc1)C(=O)CCCN(C)S(=O)(=O)c1ccccc1. The van der Waals surface area contributed by atoms with Gasteiger partial charge in [0.05, 0.1) is 4.90 Å². The Kier molecular flexibility index (Phi) is 11.4. The largest absolute Gasteiger partial charge is 0.354 e. The molecule has 35 heavy (non-hydrogen) atoms. The third-order valence-electron chi connectivity index (χ3n) is 6.00. The van der Waals surface area contributed by atoms with E-state index in [1.165, 1.54) is 11.4 Å². The van der Waals surface area contributed by atoms with E-state index < -0.39 is 16.1 Å². The zero-order valence-electron chi connectivity index (χ0n) is 21.4. The number of carbonyl (C=O) groups excluding carboxylic acids is 2. The maximum absolute atomic E-state index is 13.3. The van der Waals surface area contributed by atoms with Crippen molar-refractivity contribution in [3.05, 3.63) is 65.7 Å². The lowest BCUT2D eigenvalue weighted by atomic mass is 10.1. The number of rotatable bonds is 14. The predicted molar refractivity (Wildman–Crippen MR) is 139 cm³/mol. The van der Waals surface area contributed by atoms with E-state index >= 15 is 0 Å². The number of carbonyl (C=O) groups is 2. The first-order valence-corrected chi connectivity index (χ1v) is 13.8. The molecule has 2 aromatic carbocycles. The van der Waals surface area contributed by atoms with E-state index in [0.717, 1.165) is 24.0 Å². The van der Waals surface area contributed by atoms with Crippen molar-refractivity contribution in [1.82, 2.24) is 14.5 Å². The topological polar surface area (TPSA) is 86.8 Å². The second-order valence-electron chi connectivity index (χ2n) is 8.82. The molecule has 0 aliphatic carbocycles. The van der Waals surface area contributed by atoms with Gasteiger partial charge in [0, 0.05) is 33.1 Å². The summed E-state index contributed by atoms with van der Waals surface area (Å²) in [6.07, 6.45) is 2.87. The fourth-order valence-corrected chi connectivity index (χ4v) is 5.04. The van der Waals surface area contributed by atoms with Crippen LogP contribution < -0.4 is 5.32 Å². The molecular formula is C27H39N3O4S. The van der Waals surface area contributed by atoms with Crippen molar-refractivity contribution in [2.75, 3.05) is 20.1 Å². The van der Waals surface area contributed by atoms with Crippen LogP contribution in [0.2, 0.25) is 0 Å². The summed E-state index contributed by atoms with van der Waals surface area (Å²) in [4.78, 5) is 28.1. The van der Waals surface area contributed by atoms with Gasteiger partial charge in [0.2, 0.25) is 21.8 Å². The van der Waals surface area contributed by atoms with Crippen molar-refractivity contribution < 1.29 is 18.0 Å². The molecule has 0 saturated heterocycles. The van der Waals surface area contributed by atoms with Crippen LogP contribution in [0.15, 0.2) is 59.5 Å². The van der Waals surface area contributed by atoms with Crippen LogP contribution >= 0.6 is 0 Å². The lowest BCUT2D eigenvalue weighted by Crippen LogP contribution is -2.49. The molecule has 0 heterocycles. The lowest BCUT2D eigenvalue weighted by molar-refractivity contribution is -0.141. The van der Waals surface area contributed by atoms with Gasteiger partial charge in [-0.1, -0.05) is 68.3 Å². The summed E-state index contributed by atoms with van der Waals surface area (Å²) in [6, 6.07) is 15.6. The maximum Gasteiger partial charge on any atom is 0.242 e. The summed E-state index contributed by atoms with van der Waals surface area (Å²) in [7, 11) is -2.09. The first-order valence-electron chi connectivity index (χ1n) is 12.3. The average molecular weight is 502 g/mol. The summed E-state index contributed by atoms with van der Waals surface area (Å²) in [6.45, 7) is 7.09. The number of nitrogens with one attached hydrogen (secondary N) is 1. The van der Waals surface area contributed by atoms with Gasteiger partial charge in [-0.05, 0) is 43.9 Å². The quantitative estimate of drug-likeness (QED) is 0.395. The Hall–Kier alpha value is -2.71. The number of nitrogens with zero attached hydrogens (tertiary/aromatic N) is 2. The van der Waals surface area contributed by atoms with Gasteiger partial charge < -0.3 is 10.2 Å². The number of hydrogen-bond acceptors (Lipinski definition) is 4. The van der Waals surface area contributed by atoms with Gasteiger partial charge in [-0.2, -0.15) is 0 Å². The van der Waals surface area contributed by atoms with Gasteiger partial charge in [0.15, 0.2) is 0 Å². The first-order chi connectivity index (χ1) is 16.7. The third-order valence-corrected chi connectivity index (χ3v) is 7.88. The molecule has 2 aromatic rings. The van der Waals surface area contributed by atoms with E-state index in [1.54, 1.807) is 35.2 Å². The molecule has 0 aliphatic rings. The molecule has 0 fully saturated rings. The van der Waals surface area contributed by atoms with Crippen molar-refractivity contribution in [3.63, 3.8) is 0 Å². The molecule has 2 amide bonds. The second kappa shape index (κ2) is 14.0. The van der Waals surface area contributed by atoms with Crippen molar-refractivity contribution in [2.24, 2.45) is 0 Å². The molecule has 192 valence electrons. The van der Waals surface area contributed by atoms with Crippen LogP contribution in [-0.4, -0.2) is 55.6 Å². The summed E-state index contributed by atoms with van der Waals surface area (Å²) in [5.41, 5.74) is 2.08. The van der Waals surface area contributed by atoms with Crippen LogP contribution in [0.1, 0.15) is 57.1 Å². The number of sulfonamides is 1. The summed E-state index contributed by atoms with van der Waals surface area (Å²) in [5.74, 6) is -0.307. The molecule has 0 bridgehead atoms. The number of amides is 2. The predicted octanol–water partition coefficient (Wildman–Crippen LogP) is 4.12. The molecule has 0 aromatic heterocycles. The van der Waals surface area contributed by atoms with E-state index in [4.69, 9.17) is 0 Å². The molecule has 0 aliphatic heterocycles. The molecule has 7 nitrogen and oxygen atoms in total. The van der Waals surface area contributed by atoms with E-state index in [2.05, 4.69) is 12.2 Å². The van der Waals surface area contributed by atoms with E-state index in [-0.39, 0.29) is 29.7 Å². The molecular weight excluding hydrogens is 462 g/mol.